The third-order valence-electron chi connectivity index (χ3n) is 2.68. The molecule has 0 aromatic heterocycles. The quantitative estimate of drug-likeness (QED) is 0.653. The zero-order valence-electron chi connectivity index (χ0n) is 9.56. The Labute approximate surface area is 97.3 Å². The molecule has 0 fully saturated rings. The van der Waals surface area contributed by atoms with Gasteiger partial charge in [-0.1, -0.05) is 66.7 Å². The minimum Gasteiger partial charge on any atom is -0.0913 e. The van der Waals surface area contributed by atoms with Crippen molar-refractivity contribution in [1.29, 1.82) is 0 Å². The van der Waals surface area contributed by atoms with Gasteiger partial charge in [0.05, 0.1) is 0 Å². The summed E-state index contributed by atoms with van der Waals surface area (Å²) in [4.78, 5) is 0. The van der Waals surface area contributed by atoms with Gasteiger partial charge in [-0.05, 0) is 30.0 Å². The second kappa shape index (κ2) is 5.32. The second-order valence-corrected chi connectivity index (χ2v) is 3.80. The van der Waals surface area contributed by atoms with Gasteiger partial charge >= 0.3 is 0 Å². The van der Waals surface area contributed by atoms with E-state index in [9.17, 15) is 0 Å². The van der Waals surface area contributed by atoms with E-state index in [0.29, 0.717) is 0 Å². The third-order valence-corrected chi connectivity index (χ3v) is 2.68. The summed E-state index contributed by atoms with van der Waals surface area (Å²) in [5, 5.41) is 0. The molecule has 0 N–H and O–H groups in total. The predicted octanol–water partition coefficient (Wildman–Crippen LogP) is 4.47. The third kappa shape index (κ3) is 2.40. The molecule has 0 aliphatic heterocycles. The first-order valence-corrected chi connectivity index (χ1v) is 5.66. The first-order valence-electron chi connectivity index (χ1n) is 5.66. The van der Waals surface area contributed by atoms with Crippen LogP contribution in [0.5, 0.6) is 0 Å². The van der Waals surface area contributed by atoms with Gasteiger partial charge in [-0.2, -0.15) is 0 Å². The molecule has 0 saturated carbocycles. The van der Waals surface area contributed by atoms with Gasteiger partial charge < -0.3 is 0 Å². The van der Waals surface area contributed by atoms with Gasteiger partial charge in [0.15, 0.2) is 0 Å². The highest BCUT2D eigenvalue weighted by Gasteiger charge is 2.01. The fourth-order valence-electron chi connectivity index (χ4n) is 1.84. The Morgan fingerprint density at radius 1 is 0.875 bits per heavy atom. The van der Waals surface area contributed by atoms with Crippen LogP contribution in [0.3, 0.4) is 0 Å². The maximum atomic E-state index is 2.20. The standard InChI is InChI=1S/C16H16/c1-2-3-9-14-12-7-8-13-16(14)15-10-5-4-6-11-15/h2-8,10-13H,9H2,1H3/b3-2+. The van der Waals surface area contributed by atoms with E-state index in [1.807, 2.05) is 0 Å². The topological polar surface area (TPSA) is 0 Å². The van der Waals surface area contributed by atoms with Crippen molar-refractivity contribution >= 4 is 0 Å². The molecule has 2 aromatic carbocycles. The molecule has 0 radical (unpaired) electrons. The average Bonchev–Trinajstić information content (AvgIpc) is 2.38. The van der Waals surface area contributed by atoms with E-state index in [-0.39, 0.29) is 0 Å². The highest BCUT2D eigenvalue weighted by atomic mass is 14.1. The van der Waals surface area contributed by atoms with Crippen LogP contribution in [0.4, 0.5) is 0 Å². The second-order valence-electron chi connectivity index (χ2n) is 3.80. The van der Waals surface area contributed by atoms with Crippen molar-refractivity contribution in [3.8, 4) is 11.1 Å². The molecule has 0 atom stereocenters. The zero-order valence-corrected chi connectivity index (χ0v) is 9.56. The zero-order chi connectivity index (χ0) is 11.2. The highest BCUT2D eigenvalue weighted by molar-refractivity contribution is 5.67. The number of allylic oxidation sites excluding steroid dienone is 2. The number of hydrogen-bond donors (Lipinski definition) is 0. The number of benzene rings is 2. The number of rotatable bonds is 3. The summed E-state index contributed by atoms with van der Waals surface area (Å²) in [5.41, 5.74) is 4.01. The van der Waals surface area contributed by atoms with E-state index in [2.05, 4.69) is 73.7 Å². The van der Waals surface area contributed by atoms with Gasteiger partial charge in [-0.15, -0.1) is 0 Å². The molecular formula is C16H16. The Morgan fingerprint density at radius 3 is 2.31 bits per heavy atom. The fourth-order valence-corrected chi connectivity index (χ4v) is 1.84. The lowest BCUT2D eigenvalue weighted by atomic mass is 9.98. The molecule has 2 aromatic rings. The van der Waals surface area contributed by atoms with Crippen molar-refractivity contribution in [1.82, 2.24) is 0 Å². The fraction of sp³-hybridized carbons (Fsp3) is 0.125. The lowest BCUT2D eigenvalue weighted by Crippen LogP contribution is -1.87. The Hall–Kier alpha value is -1.82. The van der Waals surface area contributed by atoms with Crippen LogP contribution in [-0.2, 0) is 6.42 Å². The molecule has 0 nitrogen and oxygen atoms in total. The summed E-state index contributed by atoms with van der Waals surface area (Å²) in [5.74, 6) is 0. The van der Waals surface area contributed by atoms with Crippen molar-refractivity contribution in [3.05, 3.63) is 72.3 Å². The molecule has 0 heteroatoms. The minimum absolute atomic E-state index is 1.00. The Balaban J connectivity index is 2.40. The lowest BCUT2D eigenvalue weighted by Gasteiger charge is -2.07. The van der Waals surface area contributed by atoms with Crippen LogP contribution >= 0.6 is 0 Å². The van der Waals surface area contributed by atoms with Crippen LogP contribution in [0.1, 0.15) is 12.5 Å². The van der Waals surface area contributed by atoms with Gasteiger partial charge in [0.2, 0.25) is 0 Å². The van der Waals surface area contributed by atoms with Crippen molar-refractivity contribution < 1.29 is 0 Å². The van der Waals surface area contributed by atoms with Crippen LogP contribution in [0, 0.1) is 0 Å². The monoisotopic (exact) mass is 208 g/mol. The van der Waals surface area contributed by atoms with E-state index < -0.39 is 0 Å². The van der Waals surface area contributed by atoms with Crippen molar-refractivity contribution in [3.63, 3.8) is 0 Å². The smallest absolute Gasteiger partial charge is 0.00914 e. The van der Waals surface area contributed by atoms with E-state index >= 15 is 0 Å². The Kier molecular flexibility index (Phi) is 3.55. The lowest BCUT2D eigenvalue weighted by molar-refractivity contribution is 1.26. The van der Waals surface area contributed by atoms with Crippen LogP contribution in [0.25, 0.3) is 11.1 Å². The molecule has 0 heterocycles. The summed E-state index contributed by atoms with van der Waals surface area (Å²) in [6.07, 6.45) is 5.30. The van der Waals surface area contributed by atoms with Crippen LogP contribution in [0.15, 0.2) is 66.7 Å². The average molecular weight is 208 g/mol. The van der Waals surface area contributed by atoms with Gasteiger partial charge in [-0.3, -0.25) is 0 Å². The SMILES string of the molecule is C/C=C/Cc1ccccc1-c1ccccc1. The van der Waals surface area contributed by atoms with Gasteiger partial charge in [0, 0.05) is 0 Å². The van der Waals surface area contributed by atoms with Crippen molar-refractivity contribution in [2.24, 2.45) is 0 Å². The van der Waals surface area contributed by atoms with E-state index in [1.54, 1.807) is 0 Å². The van der Waals surface area contributed by atoms with Crippen molar-refractivity contribution in [2.75, 3.05) is 0 Å². The maximum absolute atomic E-state index is 2.20. The molecule has 80 valence electrons. The van der Waals surface area contributed by atoms with Crippen LogP contribution < -0.4 is 0 Å². The summed E-state index contributed by atoms with van der Waals surface area (Å²) < 4.78 is 0. The van der Waals surface area contributed by atoms with Gasteiger partial charge in [-0.25, -0.2) is 0 Å². The first-order chi connectivity index (χ1) is 7.92. The van der Waals surface area contributed by atoms with Crippen LogP contribution in [-0.4, -0.2) is 0 Å². The summed E-state index contributed by atoms with van der Waals surface area (Å²) in [6, 6.07) is 19.1. The normalized spacial score (nSPS) is 10.8. The molecule has 0 aliphatic rings. The van der Waals surface area contributed by atoms with Crippen LogP contribution in [0.2, 0.25) is 0 Å². The summed E-state index contributed by atoms with van der Waals surface area (Å²) >= 11 is 0. The van der Waals surface area contributed by atoms with Crippen molar-refractivity contribution in [2.45, 2.75) is 13.3 Å². The van der Waals surface area contributed by atoms with Gasteiger partial charge in [0.1, 0.15) is 0 Å². The predicted molar refractivity (Wildman–Crippen MR) is 70.4 cm³/mol. The van der Waals surface area contributed by atoms with Gasteiger partial charge in [0.25, 0.3) is 0 Å². The Bertz CT molecular complexity index is 466. The minimum atomic E-state index is 1.00. The molecular weight excluding hydrogens is 192 g/mol. The molecule has 0 spiro atoms. The summed E-state index contributed by atoms with van der Waals surface area (Å²) in [6.45, 7) is 2.06. The van der Waals surface area contributed by atoms with E-state index in [1.165, 1.54) is 16.7 Å². The molecule has 16 heavy (non-hydrogen) atoms. The first kappa shape index (κ1) is 10.7. The molecule has 0 bridgehead atoms. The molecule has 0 amide bonds. The molecule has 0 saturated heterocycles. The van der Waals surface area contributed by atoms with E-state index in [0.717, 1.165) is 6.42 Å². The Morgan fingerprint density at radius 2 is 1.56 bits per heavy atom. The molecule has 2 rings (SSSR count). The largest absolute Gasteiger partial charge is 0.0913 e. The molecule has 0 unspecified atom stereocenters. The number of hydrogen-bond acceptors (Lipinski definition) is 0. The van der Waals surface area contributed by atoms with E-state index in [4.69, 9.17) is 0 Å². The summed E-state index contributed by atoms with van der Waals surface area (Å²) in [7, 11) is 0. The maximum Gasteiger partial charge on any atom is -0.00914 e. The molecule has 0 aliphatic carbocycles. The highest BCUT2D eigenvalue weighted by Crippen LogP contribution is 2.23.